The fourth-order valence-corrected chi connectivity index (χ4v) is 2.91. The molecule has 0 aliphatic heterocycles. The molecule has 1 unspecified atom stereocenters. The van der Waals surface area contributed by atoms with Crippen molar-refractivity contribution in [2.24, 2.45) is 5.73 Å². The van der Waals surface area contributed by atoms with Gasteiger partial charge in [0.2, 0.25) is 5.88 Å². The van der Waals surface area contributed by atoms with E-state index in [0.717, 1.165) is 17.7 Å². The summed E-state index contributed by atoms with van der Waals surface area (Å²) in [5.74, 6) is 0.531. The highest BCUT2D eigenvalue weighted by Crippen LogP contribution is 2.38. The maximum absolute atomic E-state index is 12.5. The van der Waals surface area contributed by atoms with Crippen LogP contribution >= 0.6 is 0 Å². The predicted molar refractivity (Wildman–Crippen MR) is 106 cm³/mol. The van der Waals surface area contributed by atoms with E-state index in [1.165, 1.54) is 26.5 Å². The summed E-state index contributed by atoms with van der Waals surface area (Å²) in [7, 11) is 4.30. The van der Waals surface area contributed by atoms with Crippen LogP contribution in [-0.2, 0) is 0 Å². The third-order valence-corrected chi connectivity index (χ3v) is 4.41. The maximum atomic E-state index is 12.5. The van der Waals surface area contributed by atoms with E-state index in [1.807, 2.05) is 12.1 Å². The van der Waals surface area contributed by atoms with E-state index in [-0.39, 0.29) is 17.3 Å². The van der Waals surface area contributed by atoms with Gasteiger partial charge in [-0.1, -0.05) is 12.1 Å². The average molecular weight is 435 g/mol. The van der Waals surface area contributed by atoms with Crippen LogP contribution in [0.5, 0.6) is 23.1 Å². The van der Waals surface area contributed by atoms with E-state index in [9.17, 15) is 13.2 Å². The number of nitrogens with zero attached hydrogens (tertiary/aromatic N) is 2. The molecule has 7 nitrogen and oxygen atoms in total. The van der Waals surface area contributed by atoms with Crippen LogP contribution in [-0.4, -0.2) is 37.7 Å². The SMILES string of the molecule is COc1ccc(C(N)c2cnc(-c3ccc(OC(F)(F)F)cc3OC)c(OC)n2)cc1. The zero-order valence-corrected chi connectivity index (χ0v) is 16.9. The van der Waals surface area contributed by atoms with Gasteiger partial charge in [-0.15, -0.1) is 13.2 Å². The number of nitrogens with two attached hydrogens (primary N) is 1. The van der Waals surface area contributed by atoms with Crippen LogP contribution in [0.4, 0.5) is 13.2 Å². The molecule has 0 fully saturated rings. The van der Waals surface area contributed by atoms with E-state index in [4.69, 9.17) is 19.9 Å². The molecular weight excluding hydrogens is 415 g/mol. The molecule has 1 heterocycles. The van der Waals surface area contributed by atoms with Crippen molar-refractivity contribution in [3.8, 4) is 34.4 Å². The van der Waals surface area contributed by atoms with E-state index >= 15 is 0 Å². The molecule has 0 amide bonds. The van der Waals surface area contributed by atoms with Gasteiger partial charge < -0.3 is 24.7 Å². The van der Waals surface area contributed by atoms with Crippen molar-refractivity contribution in [2.45, 2.75) is 12.4 Å². The Labute approximate surface area is 176 Å². The molecule has 3 aromatic rings. The number of hydrogen-bond acceptors (Lipinski definition) is 7. The van der Waals surface area contributed by atoms with Crippen molar-refractivity contribution in [3.05, 3.63) is 59.9 Å². The van der Waals surface area contributed by atoms with Gasteiger partial charge in [0, 0.05) is 11.6 Å². The zero-order chi connectivity index (χ0) is 22.6. The van der Waals surface area contributed by atoms with Gasteiger partial charge in [-0.2, -0.15) is 0 Å². The Kier molecular flexibility index (Phi) is 6.50. The Balaban J connectivity index is 1.95. The van der Waals surface area contributed by atoms with Crippen LogP contribution in [0.1, 0.15) is 17.3 Å². The van der Waals surface area contributed by atoms with Gasteiger partial charge in [0.15, 0.2) is 0 Å². The van der Waals surface area contributed by atoms with E-state index in [2.05, 4.69) is 14.7 Å². The second-order valence-corrected chi connectivity index (χ2v) is 6.31. The first-order chi connectivity index (χ1) is 14.8. The van der Waals surface area contributed by atoms with Crippen molar-refractivity contribution < 1.29 is 32.1 Å². The van der Waals surface area contributed by atoms with Gasteiger partial charge in [0.25, 0.3) is 0 Å². The van der Waals surface area contributed by atoms with Gasteiger partial charge in [-0.25, -0.2) is 9.97 Å². The molecule has 0 saturated heterocycles. The molecule has 0 spiro atoms. The molecule has 0 aliphatic rings. The lowest BCUT2D eigenvalue weighted by atomic mass is 10.0. The number of hydrogen-bond donors (Lipinski definition) is 1. The largest absolute Gasteiger partial charge is 0.573 e. The molecule has 0 radical (unpaired) electrons. The number of methoxy groups -OCH3 is 3. The van der Waals surface area contributed by atoms with E-state index in [0.29, 0.717) is 17.0 Å². The van der Waals surface area contributed by atoms with Crippen molar-refractivity contribution in [3.63, 3.8) is 0 Å². The highest BCUT2D eigenvalue weighted by Gasteiger charge is 2.31. The second kappa shape index (κ2) is 9.09. The zero-order valence-electron chi connectivity index (χ0n) is 16.9. The maximum Gasteiger partial charge on any atom is 0.573 e. The van der Waals surface area contributed by atoms with Crippen molar-refractivity contribution in [1.29, 1.82) is 0 Å². The van der Waals surface area contributed by atoms with Crippen LogP contribution in [0.25, 0.3) is 11.3 Å². The summed E-state index contributed by atoms with van der Waals surface area (Å²) in [6.45, 7) is 0. The van der Waals surface area contributed by atoms with Crippen molar-refractivity contribution >= 4 is 0 Å². The number of benzene rings is 2. The summed E-state index contributed by atoms with van der Waals surface area (Å²) in [5, 5.41) is 0. The van der Waals surface area contributed by atoms with Gasteiger partial charge in [0.1, 0.15) is 22.9 Å². The molecule has 164 valence electrons. The summed E-state index contributed by atoms with van der Waals surface area (Å²) in [5.41, 5.74) is 8.20. The molecule has 2 aromatic carbocycles. The Bertz CT molecular complexity index is 1040. The topological polar surface area (TPSA) is 88.7 Å². The predicted octanol–water partition coefficient (Wildman–Crippen LogP) is 4.12. The molecule has 31 heavy (non-hydrogen) atoms. The average Bonchev–Trinajstić information content (AvgIpc) is 2.77. The summed E-state index contributed by atoms with van der Waals surface area (Å²) >= 11 is 0. The number of alkyl halides is 3. The monoisotopic (exact) mass is 435 g/mol. The standard InChI is InChI=1S/C21H20F3N3O4/c1-28-13-6-4-12(5-7-13)18(25)16-11-26-19(20(27-16)30-3)15-9-8-14(10-17(15)29-2)31-21(22,23)24/h4-11,18H,25H2,1-3H3. The number of aromatic nitrogens is 2. The summed E-state index contributed by atoms with van der Waals surface area (Å²) in [4.78, 5) is 8.81. The first kappa shape index (κ1) is 22.2. The number of rotatable bonds is 7. The number of halogens is 3. The van der Waals surface area contributed by atoms with Crippen LogP contribution in [0.2, 0.25) is 0 Å². The van der Waals surface area contributed by atoms with E-state index in [1.54, 1.807) is 19.2 Å². The molecule has 2 N–H and O–H groups in total. The lowest BCUT2D eigenvalue weighted by Crippen LogP contribution is -2.17. The van der Waals surface area contributed by atoms with Gasteiger partial charge in [-0.05, 0) is 29.8 Å². The van der Waals surface area contributed by atoms with E-state index < -0.39 is 18.2 Å². The van der Waals surface area contributed by atoms with Gasteiger partial charge in [-0.3, -0.25) is 0 Å². The Morgan fingerprint density at radius 2 is 1.58 bits per heavy atom. The summed E-state index contributed by atoms with van der Waals surface area (Å²) in [6.07, 6.45) is -3.34. The Morgan fingerprint density at radius 1 is 0.903 bits per heavy atom. The quantitative estimate of drug-likeness (QED) is 0.597. The minimum atomic E-state index is -4.82. The lowest BCUT2D eigenvalue weighted by molar-refractivity contribution is -0.274. The summed E-state index contributed by atoms with van der Waals surface area (Å²) < 4.78 is 57.1. The van der Waals surface area contributed by atoms with Gasteiger partial charge >= 0.3 is 6.36 Å². The molecule has 1 aromatic heterocycles. The second-order valence-electron chi connectivity index (χ2n) is 6.31. The molecule has 0 bridgehead atoms. The normalized spacial score (nSPS) is 12.2. The first-order valence-corrected chi connectivity index (χ1v) is 9.00. The smallest absolute Gasteiger partial charge is 0.497 e. The highest BCUT2D eigenvalue weighted by atomic mass is 19.4. The Morgan fingerprint density at radius 3 is 2.16 bits per heavy atom. The fourth-order valence-electron chi connectivity index (χ4n) is 2.91. The van der Waals surface area contributed by atoms with Crippen molar-refractivity contribution in [1.82, 2.24) is 9.97 Å². The molecule has 1 atom stereocenters. The van der Waals surface area contributed by atoms with Crippen LogP contribution in [0.15, 0.2) is 48.7 Å². The molecule has 0 aliphatic carbocycles. The lowest BCUT2D eigenvalue weighted by Gasteiger charge is -2.16. The third kappa shape index (κ3) is 5.15. The minimum Gasteiger partial charge on any atom is -0.497 e. The van der Waals surface area contributed by atoms with Gasteiger partial charge in [0.05, 0.1) is 39.3 Å². The highest BCUT2D eigenvalue weighted by molar-refractivity contribution is 5.72. The molecule has 0 saturated carbocycles. The number of ether oxygens (including phenoxy) is 4. The van der Waals surface area contributed by atoms with Crippen LogP contribution in [0.3, 0.4) is 0 Å². The Hall–Kier alpha value is -3.53. The minimum absolute atomic E-state index is 0.113. The van der Waals surface area contributed by atoms with Crippen molar-refractivity contribution in [2.75, 3.05) is 21.3 Å². The van der Waals surface area contributed by atoms with Crippen LogP contribution in [0, 0.1) is 0 Å². The first-order valence-electron chi connectivity index (χ1n) is 9.00. The molecule has 3 rings (SSSR count). The summed E-state index contributed by atoms with van der Waals surface area (Å²) in [6, 6.07) is 10.3. The fraction of sp³-hybridized carbons (Fsp3) is 0.238. The molecular formula is C21H20F3N3O4. The van der Waals surface area contributed by atoms with Crippen LogP contribution < -0.4 is 24.7 Å². The molecule has 10 heteroatoms. The third-order valence-electron chi connectivity index (χ3n) is 4.41.